The van der Waals surface area contributed by atoms with E-state index in [4.69, 9.17) is 0 Å². The highest BCUT2D eigenvalue weighted by Crippen LogP contribution is 2.31. The molecule has 20 heteroatoms. The number of benzene rings is 5. The van der Waals surface area contributed by atoms with E-state index in [1.54, 1.807) is 0 Å². The monoisotopic (exact) mass is 736 g/mol. The predicted molar refractivity (Wildman–Crippen MR) is 170 cm³/mol. The fourth-order valence-electron chi connectivity index (χ4n) is 4.71. The maximum absolute atomic E-state index is 13.1. The first-order valence-electron chi connectivity index (χ1n) is 12.9. The number of carbonyl (C=O) groups excluding carboxylic acids is 2. The quantitative estimate of drug-likeness (QED) is 0.125. The Morgan fingerprint density at radius 1 is 0.458 bits per heavy atom. The van der Waals surface area contributed by atoms with Crippen molar-refractivity contribution in [1.82, 2.24) is 0 Å². The summed E-state index contributed by atoms with van der Waals surface area (Å²) in [5, 5.41) is 4.63. The third-order valence-corrected chi connectivity index (χ3v) is 10.3. The Labute approximate surface area is 272 Å². The van der Waals surface area contributed by atoms with E-state index in [1.807, 2.05) is 0 Å². The van der Waals surface area contributed by atoms with Crippen molar-refractivity contribution < 1.29 is 61.5 Å². The summed E-state index contributed by atoms with van der Waals surface area (Å²) in [6.45, 7) is 0. The molecular weight excluding hydrogens is 717 g/mol. The van der Waals surface area contributed by atoms with Gasteiger partial charge < -0.3 is 10.6 Å². The normalized spacial score (nSPS) is 12.6. The fourth-order valence-corrected chi connectivity index (χ4v) is 7.42. The van der Waals surface area contributed by atoms with E-state index in [9.17, 15) is 61.5 Å². The topological polar surface area (TPSA) is 276 Å². The molecule has 250 valence electrons. The van der Waals surface area contributed by atoms with Crippen LogP contribution in [-0.2, 0) is 40.5 Å². The highest BCUT2D eigenvalue weighted by atomic mass is 32.2. The van der Waals surface area contributed by atoms with E-state index in [-0.39, 0.29) is 44.0 Å². The van der Waals surface area contributed by atoms with Gasteiger partial charge in [0.05, 0.1) is 9.79 Å². The van der Waals surface area contributed by atoms with Gasteiger partial charge in [-0.15, -0.1) is 0 Å². The molecule has 0 atom stereocenters. The van der Waals surface area contributed by atoms with Crippen LogP contribution in [0.1, 0.15) is 20.7 Å². The molecule has 0 radical (unpaired) electrons. The van der Waals surface area contributed by atoms with Gasteiger partial charge in [-0.2, -0.15) is 33.7 Å². The minimum atomic E-state index is -4.92. The second-order valence-electron chi connectivity index (χ2n) is 10.1. The van der Waals surface area contributed by atoms with Crippen LogP contribution >= 0.6 is 0 Å². The molecule has 0 aromatic heterocycles. The molecule has 0 heterocycles. The first-order chi connectivity index (χ1) is 22.1. The third kappa shape index (κ3) is 7.35. The first-order valence-corrected chi connectivity index (χ1v) is 18.7. The largest absolute Gasteiger partial charge is 0.322 e. The smallest absolute Gasteiger partial charge is 0.295 e. The maximum Gasteiger partial charge on any atom is 0.295 e. The van der Waals surface area contributed by atoms with Gasteiger partial charge in [-0.25, -0.2) is 0 Å². The lowest BCUT2D eigenvalue weighted by molar-refractivity contribution is 0.102. The van der Waals surface area contributed by atoms with Gasteiger partial charge >= 0.3 is 0 Å². The molecule has 5 rings (SSSR count). The number of carbonyl (C=O) groups is 2. The Balaban J connectivity index is 1.42. The van der Waals surface area contributed by atoms with Gasteiger partial charge in [0.15, 0.2) is 0 Å². The molecule has 0 bridgehead atoms. The molecule has 0 unspecified atom stereocenters. The molecule has 48 heavy (non-hydrogen) atoms. The van der Waals surface area contributed by atoms with Crippen LogP contribution in [0.5, 0.6) is 0 Å². The molecule has 0 saturated carbocycles. The van der Waals surface area contributed by atoms with E-state index >= 15 is 0 Å². The highest BCUT2D eigenvalue weighted by Gasteiger charge is 2.22. The van der Waals surface area contributed by atoms with Crippen LogP contribution in [0, 0.1) is 0 Å². The number of rotatable bonds is 8. The molecule has 0 saturated heterocycles. The van der Waals surface area contributed by atoms with Crippen LogP contribution in [0.4, 0.5) is 11.4 Å². The van der Waals surface area contributed by atoms with E-state index in [2.05, 4.69) is 10.6 Å². The third-order valence-electron chi connectivity index (χ3n) is 6.83. The van der Waals surface area contributed by atoms with Gasteiger partial charge in [-0.1, -0.05) is 18.2 Å². The summed E-state index contributed by atoms with van der Waals surface area (Å²) in [7, 11) is -19.6. The minimum absolute atomic E-state index is 0.0397. The molecule has 2 amide bonds. The zero-order valence-electron chi connectivity index (χ0n) is 23.6. The summed E-state index contributed by atoms with van der Waals surface area (Å²) in [5.41, 5.74) is 0.00551. The number of fused-ring (bicyclic) bond motifs is 2. The van der Waals surface area contributed by atoms with E-state index in [0.717, 1.165) is 12.1 Å². The SMILES string of the molecule is O=C(Nc1ccc2c(S(=O)(=O)O)cc(S(=O)(=O)O)cc2c1)c1cccc(C(=O)Nc2ccc3c(S(=O)(=O)O)cc(S(=O)(=O)O)cc3c2)c1. The number of nitrogens with one attached hydrogen (secondary N) is 2. The van der Waals surface area contributed by atoms with Crippen molar-refractivity contribution in [2.75, 3.05) is 10.6 Å². The standard InChI is InChI=1S/C28H20N2O14S4/c31-27(29-19-4-6-23-17(9-19)11-21(45(33,34)35)13-25(23)47(39,40)41)15-2-1-3-16(8-15)28(32)30-20-5-7-24-18(10-20)12-22(46(36,37)38)14-26(24)48(42,43)44/h1-14H,(H,29,31)(H,30,32)(H,33,34,35)(H,36,37,38)(H,39,40,41)(H,42,43,44). The summed E-state index contributed by atoms with van der Waals surface area (Å²) in [6.07, 6.45) is 0. The molecule has 0 aliphatic carbocycles. The van der Waals surface area contributed by atoms with Crippen LogP contribution in [0.3, 0.4) is 0 Å². The van der Waals surface area contributed by atoms with Crippen molar-refractivity contribution in [1.29, 1.82) is 0 Å². The summed E-state index contributed by atoms with van der Waals surface area (Å²) >= 11 is 0. The average molecular weight is 737 g/mol. The molecule has 5 aromatic rings. The van der Waals surface area contributed by atoms with Gasteiger partial charge in [0.2, 0.25) is 0 Å². The molecule has 0 spiro atoms. The Morgan fingerprint density at radius 3 is 1.17 bits per heavy atom. The summed E-state index contributed by atoms with van der Waals surface area (Å²) in [5.74, 6) is -1.52. The van der Waals surface area contributed by atoms with Gasteiger partial charge in [0, 0.05) is 33.3 Å². The number of amides is 2. The maximum atomic E-state index is 13.1. The van der Waals surface area contributed by atoms with Crippen LogP contribution in [-0.4, -0.2) is 63.7 Å². The van der Waals surface area contributed by atoms with Crippen molar-refractivity contribution in [3.8, 4) is 0 Å². The Morgan fingerprint density at radius 2 is 0.833 bits per heavy atom. The minimum Gasteiger partial charge on any atom is -0.322 e. The molecule has 5 aromatic carbocycles. The van der Waals surface area contributed by atoms with Crippen LogP contribution < -0.4 is 10.6 Å². The Kier molecular flexibility index (Phi) is 8.65. The van der Waals surface area contributed by atoms with E-state index in [0.29, 0.717) is 12.1 Å². The summed E-state index contributed by atoms with van der Waals surface area (Å²) < 4.78 is 132. The molecule has 16 nitrogen and oxygen atoms in total. The van der Waals surface area contributed by atoms with Gasteiger partial charge in [-0.3, -0.25) is 27.8 Å². The summed E-state index contributed by atoms with van der Waals surface area (Å²) in [6, 6.07) is 15.6. The van der Waals surface area contributed by atoms with E-state index in [1.165, 1.54) is 60.7 Å². The van der Waals surface area contributed by atoms with Crippen LogP contribution in [0.15, 0.2) is 105 Å². The molecular formula is C28H20N2O14S4. The van der Waals surface area contributed by atoms with Crippen LogP contribution in [0.25, 0.3) is 21.5 Å². The van der Waals surface area contributed by atoms with E-state index < -0.39 is 71.9 Å². The average Bonchev–Trinajstić information content (AvgIpc) is 2.97. The molecule has 0 fully saturated rings. The van der Waals surface area contributed by atoms with Crippen molar-refractivity contribution >= 4 is 85.2 Å². The number of hydrogen-bond donors (Lipinski definition) is 6. The lowest BCUT2D eigenvalue weighted by atomic mass is 10.1. The second-order valence-corrected chi connectivity index (χ2v) is 15.7. The number of hydrogen-bond acceptors (Lipinski definition) is 10. The lowest BCUT2D eigenvalue weighted by Crippen LogP contribution is -2.15. The van der Waals surface area contributed by atoms with Crippen molar-refractivity contribution in [3.05, 3.63) is 96.1 Å². The first kappa shape index (κ1) is 34.5. The zero-order valence-corrected chi connectivity index (χ0v) is 26.9. The molecule has 0 aliphatic heterocycles. The number of anilines is 2. The Hall–Kier alpha value is -4.80. The fraction of sp³-hybridized carbons (Fsp3) is 0. The predicted octanol–water partition coefficient (Wildman–Crippen LogP) is 3.48. The highest BCUT2D eigenvalue weighted by molar-refractivity contribution is 7.87. The van der Waals surface area contributed by atoms with Gasteiger partial charge in [0.25, 0.3) is 52.3 Å². The van der Waals surface area contributed by atoms with Gasteiger partial charge in [-0.05, 0) is 77.5 Å². The zero-order chi connectivity index (χ0) is 35.4. The molecule has 6 N–H and O–H groups in total. The second kappa shape index (κ2) is 12.0. The Bertz CT molecular complexity index is 2480. The molecule has 0 aliphatic rings. The van der Waals surface area contributed by atoms with Crippen LogP contribution in [0.2, 0.25) is 0 Å². The van der Waals surface area contributed by atoms with Gasteiger partial charge in [0.1, 0.15) is 9.79 Å². The van der Waals surface area contributed by atoms with Crippen molar-refractivity contribution in [2.24, 2.45) is 0 Å². The van der Waals surface area contributed by atoms with Crippen molar-refractivity contribution in [3.63, 3.8) is 0 Å². The lowest BCUT2D eigenvalue weighted by Gasteiger charge is -2.11. The summed E-state index contributed by atoms with van der Waals surface area (Å²) in [4.78, 5) is 22.9. The van der Waals surface area contributed by atoms with Crippen molar-refractivity contribution in [2.45, 2.75) is 19.6 Å².